The molecule has 1 fully saturated rings. The molecule has 2 nitrogen and oxygen atoms in total. The maximum atomic E-state index is 12.7. The normalized spacial score (nSPS) is 18.5. The predicted octanol–water partition coefficient (Wildman–Crippen LogP) is 2.02. The van der Waals surface area contributed by atoms with Gasteiger partial charge in [0.25, 0.3) is 0 Å². The summed E-state index contributed by atoms with van der Waals surface area (Å²) in [5.74, 6) is -0.166. The maximum absolute atomic E-state index is 12.7. The van der Waals surface area contributed by atoms with Crippen molar-refractivity contribution in [3.05, 3.63) is 42.1 Å². The van der Waals surface area contributed by atoms with Crippen LogP contribution in [0.15, 0.2) is 24.3 Å². The van der Waals surface area contributed by atoms with Gasteiger partial charge in [-0.1, -0.05) is 12.1 Å². The van der Waals surface area contributed by atoms with Crippen LogP contribution >= 0.6 is 0 Å². The molecule has 0 bridgehead atoms. The van der Waals surface area contributed by atoms with E-state index in [0.717, 1.165) is 44.7 Å². The second-order valence-corrected chi connectivity index (χ2v) is 4.69. The van der Waals surface area contributed by atoms with Gasteiger partial charge in [-0.05, 0) is 44.1 Å². The standard InChI is InChI=1S/C14H20FN2/c1-16-9-11-17(12-10-16)8-2-3-13-4-6-14(15)7-5-13/h3-7H,2,8-12H2,1H3. The summed E-state index contributed by atoms with van der Waals surface area (Å²) in [4.78, 5) is 4.85. The Balaban J connectivity index is 1.67. The molecule has 17 heavy (non-hydrogen) atoms. The van der Waals surface area contributed by atoms with Gasteiger partial charge in [-0.25, -0.2) is 4.39 Å². The number of likely N-dealkylation sites (N-methyl/N-ethyl adjacent to an activating group) is 1. The summed E-state index contributed by atoms with van der Waals surface area (Å²) in [7, 11) is 2.17. The molecule has 1 aromatic rings. The first kappa shape index (κ1) is 12.5. The molecule has 0 atom stereocenters. The lowest BCUT2D eigenvalue weighted by Gasteiger charge is -2.32. The molecule has 0 aliphatic carbocycles. The topological polar surface area (TPSA) is 6.48 Å². The lowest BCUT2D eigenvalue weighted by molar-refractivity contribution is 0.155. The van der Waals surface area contributed by atoms with E-state index in [2.05, 4.69) is 23.3 Å². The molecule has 0 spiro atoms. The van der Waals surface area contributed by atoms with E-state index in [1.165, 1.54) is 12.1 Å². The molecule has 0 N–H and O–H groups in total. The van der Waals surface area contributed by atoms with Crippen LogP contribution in [0.3, 0.4) is 0 Å². The monoisotopic (exact) mass is 235 g/mol. The summed E-state index contributed by atoms with van der Waals surface area (Å²) in [6, 6.07) is 6.70. The maximum Gasteiger partial charge on any atom is 0.123 e. The van der Waals surface area contributed by atoms with Crippen LogP contribution in [0.25, 0.3) is 0 Å². The van der Waals surface area contributed by atoms with Crippen LogP contribution in [0.1, 0.15) is 12.0 Å². The van der Waals surface area contributed by atoms with Gasteiger partial charge in [-0.15, -0.1) is 0 Å². The molecule has 1 aliphatic rings. The third-order valence-electron chi connectivity index (χ3n) is 3.29. The predicted molar refractivity (Wildman–Crippen MR) is 68.4 cm³/mol. The van der Waals surface area contributed by atoms with Crippen molar-refractivity contribution >= 4 is 0 Å². The van der Waals surface area contributed by atoms with E-state index in [1.807, 2.05) is 12.1 Å². The van der Waals surface area contributed by atoms with Gasteiger partial charge in [0.1, 0.15) is 5.82 Å². The molecule has 1 aliphatic heterocycles. The second kappa shape index (κ2) is 6.12. The van der Waals surface area contributed by atoms with Crippen LogP contribution in [0.5, 0.6) is 0 Å². The molecule has 0 unspecified atom stereocenters. The van der Waals surface area contributed by atoms with E-state index in [1.54, 1.807) is 0 Å². The summed E-state index contributed by atoms with van der Waals surface area (Å²) in [5, 5.41) is 0. The summed E-state index contributed by atoms with van der Waals surface area (Å²) in [6.07, 6.45) is 3.22. The van der Waals surface area contributed by atoms with Crippen molar-refractivity contribution in [3.63, 3.8) is 0 Å². The smallest absolute Gasteiger partial charge is 0.123 e. The Morgan fingerprint density at radius 2 is 1.76 bits per heavy atom. The first-order valence-corrected chi connectivity index (χ1v) is 6.24. The van der Waals surface area contributed by atoms with Crippen molar-refractivity contribution in [2.45, 2.75) is 6.42 Å². The highest BCUT2D eigenvalue weighted by atomic mass is 19.1. The molecule has 0 amide bonds. The molecular weight excluding hydrogens is 215 g/mol. The molecule has 3 heteroatoms. The number of benzene rings is 1. The number of nitrogens with zero attached hydrogens (tertiary/aromatic N) is 2. The van der Waals surface area contributed by atoms with Gasteiger partial charge < -0.3 is 9.80 Å². The third kappa shape index (κ3) is 4.10. The zero-order valence-corrected chi connectivity index (χ0v) is 10.4. The molecule has 1 radical (unpaired) electrons. The molecule has 1 aromatic carbocycles. The van der Waals surface area contributed by atoms with E-state index in [4.69, 9.17) is 0 Å². The van der Waals surface area contributed by atoms with Crippen molar-refractivity contribution in [2.75, 3.05) is 39.8 Å². The SMILES string of the molecule is CN1CCN(CC[CH]c2ccc(F)cc2)CC1. The van der Waals surface area contributed by atoms with E-state index in [9.17, 15) is 4.39 Å². The number of piperazine rings is 1. The van der Waals surface area contributed by atoms with Gasteiger partial charge in [-0.3, -0.25) is 0 Å². The highest BCUT2D eigenvalue weighted by molar-refractivity contribution is 5.23. The van der Waals surface area contributed by atoms with Gasteiger partial charge in [0.05, 0.1) is 0 Å². The Kier molecular flexibility index (Phi) is 4.51. The molecular formula is C14H20FN2. The minimum atomic E-state index is -0.166. The summed E-state index contributed by atoms with van der Waals surface area (Å²) in [5.41, 5.74) is 1.11. The van der Waals surface area contributed by atoms with Gasteiger partial charge in [0.15, 0.2) is 0 Å². The summed E-state index contributed by atoms with van der Waals surface area (Å²) >= 11 is 0. The van der Waals surface area contributed by atoms with Crippen molar-refractivity contribution in [1.82, 2.24) is 9.80 Å². The first-order valence-electron chi connectivity index (χ1n) is 6.24. The Morgan fingerprint density at radius 1 is 1.12 bits per heavy atom. The fourth-order valence-electron chi connectivity index (χ4n) is 2.08. The van der Waals surface area contributed by atoms with Crippen molar-refractivity contribution in [1.29, 1.82) is 0 Å². The number of rotatable bonds is 4. The Bertz CT molecular complexity index is 329. The zero-order valence-electron chi connectivity index (χ0n) is 10.4. The van der Waals surface area contributed by atoms with Gasteiger partial charge in [0.2, 0.25) is 0 Å². The molecule has 2 rings (SSSR count). The van der Waals surface area contributed by atoms with Crippen LogP contribution in [0.4, 0.5) is 4.39 Å². The van der Waals surface area contributed by atoms with Crippen LogP contribution in [-0.4, -0.2) is 49.6 Å². The number of hydrogen-bond acceptors (Lipinski definition) is 2. The average Bonchev–Trinajstić information content (AvgIpc) is 2.34. The molecule has 1 heterocycles. The van der Waals surface area contributed by atoms with E-state index in [-0.39, 0.29) is 5.82 Å². The quantitative estimate of drug-likeness (QED) is 0.787. The van der Waals surface area contributed by atoms with Crippen molar-refractivity contribution in [2.24, 2.45) is 0 Å². The number of halogens is 1. The van der Waals surface area contributed by atoms with Gasteiger partial charge in [0, 0.05) is 26.2 Å². The highest BCUT2D eigenvalue weighted by Crippen LogP contribution is 2.09. The molecule has 93 valence electrons. The van der Waals surface area contributed by atoms with Crippen LogP contribution in [0.2, 0.25) is 0 Å². The summed E-state index contributed by atoms with van der Waals surface area (Å²) in [6.45, 7) is 5.75. The van der Waals surface area contributed by atoms with Crippen molar-refractivity contribution < 1.29 is 4.39 Å². The fourth-order valence-corrected chi connectivity index (χ4v) is 2.08. The van der Waals surface area contributed by atoms with Gasteiger partial charge in [-0.2, -0.15) is 0 Å². The number of hydrogen-bond donors (Lipinski definition) is 0. The van der Waals surface area contributed by atoms with E-state index >= 15 is 0 Å². The summed E-state index contributed by atoms with van der Waals surface area (Å²) < 4.78 is 12.7. The Hall–Kier alpha value is -0.930. The minimum absolute atomic E-state index is 0.166. The zero-order chi connectivity index (χ0) is 12.1. The molecule has 1 saturated heterocycles. The van der Waals surface area contributed by atoms with Crippen LogP contribution < -0.4 is 0 Å². The second-order valence-electron chi connectivity index (χ2n) is 4.69. The lowest BCUT2D eigenvalue weighted by atomic mass is 10.1. The van der Waals surface area contributed by atoms with Crippen molar-refractivity contribution in [3.8, 4) is 0 Å². The first-order chi connectivity index (χ1) is 8.24. The molecule has 0 saturated carbocycles. The largest absolute Gasteiger partial charge is 0.304 e. The molecule has 0 aromatic heterocycles. The average molecular weight is 235 g/mol. The van der Waals surface area contributed by atoms with E-state index in [0.29, 0.717) is 0 Å². The van der Waals surface area contributed by atoms with Gasteiger partial charge >= 0.3 is 0 Å². The highest BCUT2D eigenvalue weighted by Gasteiger charge is 2.12. The minimum Gasteiger partial charge on any atom is -0.304 e. The van der Waals surface area contributed by atoms with E-state index < -0.39 is 0 Å². The fraction of sp³-hybridized carbons (Fsp3) is 0.500. The third-order valence-corrected chi connectivity index (χ3v) is 3.29. The lowest BCUT2D eigenvalue weighted by Crippen LogP contribution is -2.44. The van der Waals surface area contributed by atoms with Crippen LogP contribution in [-0.2, 0) is 0 Å². The van der Waals surface area contributed by atoms with Crippen LogP contribution in [0, 0.1) is 12.2 Å². The Morgan fingerprint density at radius 3 is 2.41 bits per heavy atom. The Labute approximate surface area is 103 Å².